The number of aromatic nitrogens is 1. The van der Waals surface area contributed by atoms with Gasteiger partial charge in [0.25, 0.3) is 0 Å². The number of hydrogen-bond donors (Lipinski definition) is 0. The molecular weight excluding hydrogens is 178 g/mol. The summed E-state index contributed by atoms with van der Waals surface area (Å²) in [5, 5.41) is 0. The summed E-state index contributed by atoms with van der Waals surface area (Å²) in [5.74, 6) is 0. The van der Waals surface area contributed by atoms with Crippen LogP contribution in [0.4, 0.5) is 0 Å². The maximum Gasteiger partial charge on any atom is 0.185 e. The molecule has 0 amide bonds. The topological polar surface area (TPSA) is 31.4 Å². The van der Waals surface area contributed by atoms with Gasteiger partial charge in [0.1, 0.15) is 0 Å². The van der Waals surface area contributed by atoms with Gasteiger partial charge < -0.3 is 9.47 Å². The highest BCUT2D eigenvalue weighted by atomic mass is 16.7. The average molecular weight is 195 g/mol. The fourth-order valence-corrected chi connectivity index (χ4v) is 1.28. The number of pyridine rings is 1. The Bertz CT molecular complexity index is 270. The van der Waals surface area contributed by atoms with E-state index in [1.165, 1.54) is 0 Å². The lowest BCUT2D eigenvalue weighted by atomic mass is 10.2. The maximum absolute atomic E-state index is 5.49. The zero-order chi connectivity index (χ0) is 10.4. The molecule has 1 aromatic rings. The summed E-state index contributed by atoms with van der Waals surface area (Å²) >= 11 is 0. The maximum atomic E-state index is 5.49. The van der Waals surface area contributed by atoms with Gasteiger partial charge in [-0.15, -0.1) is 0 Å². The minimum absolute atomic E-state index is 0.279. The lowest BCUT2D eigenvalue weighted by molar-refractivity contribution is -0.140. The van der Waals surface area contributed by atoms with E-state index in [0.29, 0.717) is 13.2 Å². The van der Waals surface area contributed by atoms with Gasteiger partial charge in [0.05, 0.1) is 0 Å². The highest BCUT2D eigenvalue weighted by molar-refractivity contribution is 5.19. The minimum Gasteiger partial charge on any atom is -0.349 e. The second-order valence-electron chi connectivity index (χ2n) is 2.92. The van der Waals surface area contributed by atoms with E-state index < -0.39 is 0 Å². The van der Waals surface area contributed by atoms with Crippen molar-refractivity contribution in [3.05, 3.63) is 29.6 Å². The van der Waals surface area contributed by atoms with Crippen molar-refractivity contribution in [3.8, 4) is 0 Å². The van der Waals surface area contributed by atoms with E-state index in [4.69, 9.17) is 9.47 Å². The lowest BCUT2D eigenvalue weighted by Gasteiger charge is -2.18. The molecule has 0 aliphatic heterocycles. The SMILES string of the molecule is CCOC(OCC)c1cccnc1C. The van der Waals surface area contributed by atoms with Crippen molar-refractivity contribution in [3.63, 3.8) is 0 Å². The zero-order valence-corrected chi connectivity index (χ0v) is 8.99. The fraction of sp³-hybridized carbons (Fsp3) is 0.545. The molecule has 1 aromatic heterocycles. The molecule has 0 fully saturated rings. The van der Waals surface area contributed by atoms with Crippen LogP contribution < -0.4 is 0 Å². The Kier molecular flexibility index (Phi) is 4.56. The Balaban J connectivity index is 2.81. The quantitative estimate of drug-likeness (QED) is 0.676. The monoisotopic (exact) mass is 195 g/mol. The van der Waals surface area contributed by atoms with Crippen LogP contribution >= 0.6 is 0 Å². The molecule has 0 saturated heterocycles. The van der Waals surface area contributed by atoms with Gasteiger partial charge in [-0.05, 0) is 26.8 Å². The van der Waals surface area contributed by atoms with Gasteiger partial charge in [-0.2, -0.15) is 0 Å². The molecular formula is C11H17NO2. The number of rotatable bonds is 5. The molecule has 0 bridgehead atoms. The molecule has 0 unspecified atom stereocenters. The first-order valence-corrected chi connectivity index (χ1v) is 4.94. The van der Waals surface area contributed by atoms with E-state index in [-0.39, 0.29) is 6.29 Å². The van der Waals surface area contributed by atoms with E-state index in [2.05, 4.69) is 4.98 Å². The predicted octanol–water partition coefficient (Wildman–Crippen LogP) is 2.46. The van der Waals surface area contributed by atoms with E-state index in [1.54, 1.807) is 6.20 Å². The Labute approximate surface area is 85.1 Å². The van der Waals surface area contributed by atoms with Gasteiger partial charge in [0.15, 0.2) is 6.29 Å². The molecule has 1 heterocycles. The third-order valence-corrected chi connectivity index (χ3v) is 1.94. The molecule has 0 atom stereocenters. The third kappa shape index (κ3) is 2.79. The van der Waals surface area contributed by atoms with Crippen molar-refractivity contribution in [2.45, 2.75) is 27.1 Å². The Morgan fingerprint density at radius 3 is 2.43 bits per heavy atom. The van der Waals surface area contributed by atoms with Crippen LogP contribution in [0.1, 0.15) is 31.4 Å². The van der Waals surface area contributed by atoms with Crippen LogP contribution in [0.5, 0.6) is 0 Å². The second-order valence-corrected chi connectivity index (χ2v) is 2.92. The standard InChI is InChI=1S/C11H17NO2/c1-4-13-11(14-5-2)10-7-6-8-12-9(10)3/h6-8,11H,4-5H2,1-3H3. The first-order valence-electron chi connectivity index (χ1n) is 4.94. The van der Waals surface area contributed by atoms with E-state index in [9.17, 15) is 0 Å². The van der Waals surface area contributed by atoms with Crippen molar-refractivity contribution >= 4 is 0 Å². The molecule has 3 heteroatoms. The molecule has 1 rings (SSSR count). The number of ether oxygens (including phenoxy) is 2. The normalized spacial score (nSPS) is 10.9. The van der Waals surface area contributed by atoms with Gasteiger partial charge in [-0.1, -0.05) is 6.07 Å². The molecule has 0 radical (unpaired) electrons. The van der Waals surface area contributed by atoms with E-state index in [1.807, 2.05) is 32.9 Å². The molecule has 0 saturated carbocycles. The summed E-state index contributed by atoms with van der Waals surface area (Å²) in [5.41, 5.74) is 1.97. The molecule has 78 valence electrons. The van der Waals surface area contributed by atoms with Crippen molar-refractivity contribution in [2.75, 3.05) is 13.2 Å². The lowest BCUT2D eigenvalue weighted by Crippen LogP contribution is -2.10. The van der Waals surface area contributed by atoms with E-state index >= 15 is 0 Å². The fourth-order valence-electron chi connectivity index (χ4n) is 1.28. The Hall–Kier alpha value is -0.930. The highest BCUT2D eigenvalue weighted by Gasteiger charge is 2.13. The molecule has 3 nitrogen and oxygen atoms in total. The Morgan fingerprint density at radius 2 is 1.93 bits per heavy atom. The van der Waals surface area contributed by atoms with Crippen LogP contribution in [0, 0.1) is 6.92 Å². The first kappa shape index (κ1) is 11.1. The number of hydrogen-bond acceptors (Lipinski definition) is 3. The molecule has 0 aliphatic rings. The minimum atomic E-state index is -0.279. The van der Waals surface area contributed by atoms with Crippen molar-refractivity contribution in [2.24, 2.45) is 0 Å². The van der Waals surface area contributed by atoms with E-state index in [0.717, 1.165) is 11.3 Å². The summed E-state index contributed by atoms with van der Waals surface area (Å²) in [4.78, 5) is 4.20. The summed E-state index contributed by atoms with van der Waals surface area (Å²) in [7, 11) is 0. The second kappa shape index (κ2) is 5.73. The van der Waals surface area contributed by atoms with Crippen LogP contribution in [0.2, 0.25) is 0 Å². The van der Waals surface area contributed by atoms with Gasteiger partial charge in [-0.3, -0.25) is 4.98 Å². The first-order chi connectivity index (χ1) is 6.79. The summed E-state index contributed by atoms with van der Waals surface area (Å²) < 4.78 is 11.0. The summed E-state index contributed by atoms with van der Waals surface area (Å²) in [6.45, 7) is 7.15. The molecule has 0 aromatic carbocycles. The molecule has 0 spiro atoms. The summed E-state index contributed by atoms with van der Waals surface area (Å²) in [6.07, 6.45) is 1.49. The number of nitrogens with zero attached hydrogens (tertiary/aromatic N) is 1. The summed E-state index contributed by atoms with van der Waals surface area (Å²) in [6, 6.07) is 3.88. The van der Waals surface area contributed by atoms with Crippen LogP contribution in [0.3, 0.4) is 0 Å². The van der Waals surface area contributed by atoms with Crippen LogP contribution in [-0.2, 0) is 9.47 Å². The molecule has 0 aliphatic carbocycles. The van der Waals surface area contributed by atoms with Gasteiger partial charge in [0, 0.05) is 30.7 Å². The van der Waals surface area contributed by atoms with Gasteiger partial charge in [0.2, 0.25) is 0 Å². The van der Waals surface area contributed by atoms with Gasteiger partial charge in [-0.25, -0.2) is 0 Å². The third-order valence-electron chi connectivity index (χ3n) is 1.94. The average Bonchev–Trinajstić information content (AvgIpc) is 2.18. The van der Waals surface area contributed by atoms with Crippen molar-refractivity contribution in [1.82, 2.24) is 4.98 Å². The largest absolute Gasteiger partial charge is 0.349 e. The Morgan fingerprint density at radius 1 is 1.29 bits per heavy atom. The van der Waals surface area contributed by atoms with Crippen LogP contribution in [0.25, 0.3) is 0 Å². The van der Waals surface area contributed by atoms with Crippen molar-refractivity contribution < 1.29 is 9.47 Å². The van der Waals surface area contributed by atoms with Crippen molar-refractivity contribution in [1.29, 1.82) is 0 Å². The number of aryl methyl sites for hydroxylation is 1. The zero-order valence-electron chi connectivity index (χ0n) is 8.99. The molecule has 14 heavy (non-hydrogen) atoms. The van der Waals surface area contributed by atoms with Crippen LogP contribution in [-0.4, -0.2) is 18.2 Å². The van der Waals surface area contributed by atoms with Crippen LogP contribution in [0.15, 0.2) is 18.3 Å². The predicted molar refractivity (Wildman–Crippen MR) is 55.0 cm³/mol. The van der Waals surface area contributed by atoms with Gasteiger partial charge >= 0.3 is 0 Å². The smallest absolute Gasteiger partial charge is 0.185 e. The highest BCUT2D eigenvalue weighted by Crippen LogP contribution is 2.20. The molecule has 0 N–H and O–H groups in total.